The Balaban J connectivity index is 1.52. The van der Waals surface area contributed by atoms with Crippen LogP contribution in [0, 0.1) is 5.92 Å². The van der Waals surface area contributed by atoms with Gasteiger partial charge in [-0.3, -0.25) is 4.79 Å². The van der Waals surface area contributed by atoms with Crippen molar-refractivity contribution in [3.05, 3.63) is 24.3 Å². The Labute approximate surface area is 138 Å². The molecule has 1 saturated heterocycles. The van der Waals surface area contributed by atoms with E-state index < -0.39 is 0 Å². The number of hydrogen-bond donors (Lipinski definition) is 2. The first kappa shape index (κ1) is 16.3. The van der Waals surface area contributed by atoms with Crippen LogP contribution in [0.1, 0.15) is 25.7 Å². The number of rotatable bonds is 4. The van der Waals surface area contributed by atoms with Crippen molar-refractivity contribution in [2.45, 2.75) is 31.7 Å². The van der Waals surface area contributed by atoms with Crippen molar-refractivity contribution in [3.8, 4) is 0 Å². The van der Waals surface area contributed by atoms with Gasteiger partial charge in [-0.25, -0.2) is 0 Å². The fraction of sp³-hybridized carbons (Fsp3) is 0.611. The molecule has 1 heterocycles. The molecule has 2 N–H and O–H groups in total. The van der Waals surface area contributed by atoms with E-state index in [1.165, 1.54) is 5.69 Å². The van der Waals surface area contributed by atoms with Crippen LogP contribution in [0.5, 0.6) is 0 Å². The van der Waals surface area contributed by atoms with Crippen molar-refractivity contribution < 1.29 is 9.53 Å². The third-order valence-electron chi connectivity index (χ3n) is 5.02. The summed E-state index contributed by atoms with van der Waals surface area (Å²) in [7, 11) is 2.00. The van der Waals surface area contributed by atoms with Crippen LogP contribution in [0.2, 0.25) is 0 Å². The number of carbonyl (C=O) groups excluding carboxylic acids is 1. The van der Waals surface area contributed by atoms with Gasteiger partial charge in [0.05, 0.1) is 13.2 Å². The van der Waals surface area contributed by atoms with Crippen molar-refractivity contribution in [2.24, 2.45) is 5.92 Å². The third-order valence-corrected chi connectivity index (χ3v) is 5.02. The summed E-state index contributed by atoms with van der Waals surface area (Å²) < 4.78 is 5.38. The first-order valence-corrected chi connectivity index (χ1v) is 8.67. The summed E-state index contributed by atoms with van der Waals surface area (Å²) >= 11 is 0. The van der Waals surface area contributed by atoms with E-state index in [9.17, 15) is 4.79 Å². The number of nitrogens with zero attached hydrogens (tertiary/aromatic N) is 1. The number of amides is 1. The molecular formula is C18H27N3O2. The Morgan fingerprint density at radius 2 is 1.74 bits per heavy atom. The van der Waals surface area contributed by atoms with Gasteiger partial charge in [-0.1, -0.05) is 0 Å². The Kier molecular flexibility index (Phi) is 5.51. The first-order chi connectivity index (χ1) is 11.3. The van der Waals surface area contributed by atoms with Crippen molar-refractivity contribution in [1.29, 1.82) is 0 Å². The summed E-state index contributed by atoms with van der Waals surface area (Å²) in [6.45, 7) is 3.43. The molecule has 1 amide bonds. The summed E-state index contributed by atoms with van der Waals surface area (Å²) in [6.07, 6.45) is 4.13. The zero-order chi connectivity index (χ0) is 16.1. The van der Waals surface area contributed by atoms with Crippen molar-refractivity contribution in [2.75, 3.05) is 43.6 Å². The highest BCUT2D eigenvalue weighted by atomic mass is 16.5. The van der Waals surface area contributed by atoms with Crippen LogP contribution in [-0.4, -0.2) is 45.3 Å². The minimum atomic E-state index is 0.151. The molecule has 5 heteroatoms. The monoisotopic (exact) mass is 317 g/mol. The molecule has 1 saturated carbocycles. The van der Waals surface area contributed by atoms with E-state index in [-0.39, 0.29) is 11.8 Å². The van der Waals surface area contributed by atoms with Crippen LogP contribution < -0.4 is 15.5 Å². The van der Waals surface area contributed by atoms with Gasteiger partial charge in [-0.2, -0.15) is 0 Å². The predicted molar refractivity (Wildman–Crippen MR) is 92.9 cm³/mol. The minimum absolute atomic E-state index is 0.151. The number of nitrogens with one attached hydrogen (secondary N) is 2. The topological polar surface area (TPSA) is 53.6 Å². The molecular weight excluding hydrogens is 290 g/mol. The van der Waals surface area contributed by atoms with Gasteiger partial charge in [0.1, 0.15) is 0 Å². The Morgan fingerprint density at radius 1 is 1.09 bits per heavy atom. The zero-order valence-corrected chi connectivity index (χ0v) is 13.9. The standard InChI is InChI=1S/C18H27N3O2/c1-19-15-4-2-14(3-5-15)18(22)20-16-6-8-17(9-7-16)21-10-12-23-13-11-21/h6-9,14-15,19H,2-5,10-13H2,1H3,(H,20,22). The third kappa shape index (κ3) is 4.24. The van der Waals surface area contributed by atoms with Crippen LogP contribution in [0.15, 0.2) is 24.3 Å². The van der Waals surface area contributed by atoms with Crippen molar-refractivity contribution in [3.63, 3.8) is 0 Å². The largest absolute Gasteiger partial charge is 0.378 e. The Morgan fingerprint density at radius 3 is 2.35 bits per heavy atom. The van der Waals surface area contributed by atoms with Crippen LogP contribution in [0.4, 0.5) is 11.4 Å². The van der Waals surface area contributed by atoms with Gasteiger partial charge >= 0.3 is 0 Å². The maximum absolute atomic E-state index is 12.4. The molecule has 0 spiro atoms. The molecule has 1 aromatic rings. The zero-order valence-electron chi connectivity index (χ0n) is 13.9. The van der Waals surface area contributed by atoms with E-state index >= 15 is 0 Å². The molecule has 5 nitrogen and oxygen atoms in total. The molecule has 0 radical (unpaired) electrons. The fourth-order valence-corrected chi connectivity index (χ4v) is 3.47. The maximum atomic E-state index is 12.4. The van der Waals surface area contributed by atoms with E-state index in [2.05, 4.69) is 27.7 Å². The lowest BCUT2D eigenvalue weighted by Gasteiger charge is -2.29. The van der Waals surface area contributed by atoms with Gasteiger partial charge in [-0.15, -0.1) is 0 Å². The predicted octanol–water partition coefficient (Wildman–Crippen LogP) is 2.24. The lowest BCUT2D eigenvalue weighted by atomic mass is 9.85. The van der Waals surface area contributed by atoms with E-state index in [0.29, 0.717) is 6.04 Å². The second-order valence-electron chi connectivity index (χ2n) is 6.47. The van der Waals surface area contributed by atoms with Gasteiger partial charge in [0.25, 0.3) is 0 Å². The SMILES string of the molecule is CNC1CCC(C(=O)Nc2ccc(N3CCOCC3)cc2)CC1. The number of carbonyl (C=O) groups is 1. The highest BCUT2D eigenvalue weighted by Gasteiger charge is 2.25. The quantitative estimate of drug-likeness (QED) is 0.894. The Bertz CT molecular complexity index is 504. The van der Waals surface area contributed by atoms with Gasteiger partial charge in [0.2, 0.25) is 5.91 Å². The minimum Gasteiger partial charge on any atom is -0.378 e. The molecule has 0 atom stereocenters. The van der Waals surface area contributed by atoms with Gasteiger partial charge < -0.3 is 20.3 Å². The molecule has 23 heavy (non-hydrogen) atoms. The second kappa shape index (κ2) is 7.79. The number of hydrogen-bond acceptors (Lipinski definition) is 4. The highest BCUT2D eigenvalue weighted by molar-refractivity contribution is 5.92. The van der Waals surface area contributed by atoms with Gasteiger partial charge in [-0.05, 0) is 57.0 Å². The average molecular weight is 317 g/mol. The molecule has 0 unspecified atom stereocenters. The van der Waals surface area contributed by atoms with Crippen LogP contribution in [0.3, 0.4) is 0 Å². The van der Waals surface area contributed by atoms with Crippen LogP contribution in [-0.2, 0) is 9.53 Å². The first-order valence-electron chi connectivity index (χ1n) is 8.67. The fourth-order valence-electron chi connectivity index (χ4n) is 3.47. The van der Waals surface area contributed by atoms with Crippen molar-refractivity contribution >= 4 is 17.3 Å². The molecule has 2 fully saturated rings. The second-order valence-corrected chi connectivity index (χ2v) is 6.47. The van der Waals surface area contributed by atoms with Gasteiger partial charge in [0.15, 0.2) is 0 Å². The normalized spacial score (nSPS) is 25.2. The average Bonchev–Trinajstić information content (AvgIpc) is 2.63. The molecule has 0 bridgehead atoms. The number of anilines is 2. The molecule has 1 aliphatic heterocycles. The molecule has 0 aromatic heterocycles. The number of ether oxygens (including phenoxy) is 1. The summed E-state index contributed by atoms with van der Waals surface area (Å²) in [5, 5.41) is 6.38. The van der Waals surface area contributed by atoms with E-state index in [4.69, 9.17) is 4.74 Å². The number of benzene rings is 1. The van der Waals surface area contributed by atoms with Crippen LogP contribution in [0.25, 0.3) is 0 Å². The van der Waals surface area contributed by atoms with Crippen LogP contribution >= 0.6 is 0 Å². The number of morpholine rings is 1. The molecule has 3 rings (SSSR count). The van der Waals surface area contributed by atoms with Crippen molar-refractivity contribution in [1.82, 2.24) is 5.32 Å². The van der Waals surface area contributed by atoms with E-state index in [1.807, 2.05) is 19.2 Å². The summed E-state index contributed by atoms with van der Waals surface area (Å²) in [4.78, 5) is 14.7. The lowest BCUT2D eigenvalue weighted by molar-refractivity contribution is -0.120. The van der Waals surface area contributed by atoms with Gasteiger partial charge in [0, 0.05) is 36.4 Å². The Hall–Kier alpha value is -1.59. The summed E-state index contributed by atoms with van der Waals surface area (Å²) in [6, 6.07) is 8.74. The lowest BCUT2D eigenvalue weighted by Crippen LogP contribution is -2.36. The van der Waals surface area contributed by atoms with E-state index in [0.717, 1.165) is 57.7 Å². The molecule has 1 aromatic carbocycles. The highest BCUT2D eigenvalue weighted by Crippen LogP contribution is 2.26. The molecule has 1 aliphatic carbocycles. The van der Waals surface area contributed by atoms with E-state index in [1.54, 1.807) is 0 Å². The molecule has 126 valence electrons. The summed E-state index contributed by atoms with van der Waals surface area (Å²) in [5.74, 6) is 0.317. The molecule has 2 aliphatic rings. The summed E-state index contributed by atoms with van der Waals surface area (Å²) in [5.41, 5.74) is 2.09. The smallest absolute Gasteiger partial charge is 0.227 e. The maximum Gasteiger partial charge on any atom is 0.227 e.